The second kappa shape index (κ2) is 5.96. The Kier molecular flexibility index (Phi) is 4.48. The summed E-state index contributed by atoms with van der Waals surface area (Å²) in [4.78, 5) is 11.6. The molecule has 0 saturated heterocycles. The largest absolute Gasteiger partial charge is 0.467 e. The number of ether oxygens (including phenoxy) is 1. The zero-order valence-corrected chi connectivity index (χ0v) is 12.6. The Balaban J connectivity index is 2.30. The summed E-state index contributed by atoms with van der Waals surface area (Å²) in [6, 6.07) is 7.70. The number of methoxy groups -OCH3 is 1. The van der Waals surface area contributed by atoms with E-state index in [-0.39, 0.29) is 0 Å². The van der Waals surface area contributed by atoms with E-state index in [9.17, 15) is 9.90 Å². The zero-order chi connectivity index (χ0) is 14.8. The molecule has 110 valence electrons. The van der Waals surface area contributed by atoms with Crippen molar-refractivity contribution in [3.8, 4) is 0 Å². The molecule has 0 radical (unpaired) electrons. The smallest absolute Gasteiger partial charge is 0.339 e. The van der Waals surface area contributed by atoms with Gasteiger partial charge in [-0.15, -0.1) is 0 Å². The van der Waals surface area contributed by atoms with Crippen LogP contribution in [0.25, 0.3) is 0 Å². The van der Waals surface area contributed by atoms with Crippen LogP contribution >= 0.6 is 0 Å². The van der Waals surface area contributed by atoms with Gasteiger partial charge in [0.15, 0.2) is 6.10 Å². The maximum Gasteiger partial charge on any atom is 0.339 e. The van der Waals surface area contributed by atoms with E-state index in [0.717, 1.165) is 18.4 Å². The highest BCUT2D eigenvalue weighted by Crippen LogP contribution is 2.44. The van der Waals surface area contributed by atoms with E-state index >= 15 is 0 Å². The molecule has 3 heteroatoms. The fraction of sp³-hybridized carbons (Fsp3) is 0.588. The number of hydrogen-bond acceptors (Lipinski definition) is 3. The molecule has 1 aliphatic carbocycles. The van der Waals surface area contributed by atoms with Crippen LogP contribution in [-0.4, -0.2) is 18.2 Å². The highest BCUT2D eigenvalue weighted by Gasteiger charge is 2.31. The predicted molar refractivity (Wildman–Crippen MR) is 78.4 cm³/mol. The van der Waals surface area contributed by atoms with Gasteiger partial charge in [0.2, 0.25) is 0 Å². The quantitative estimate of drug-likeness (QED) is 0.858. The lowest BCUT2D eigenvalue weighted by Gasteiger charge is -2.36. The Morgan fingerprint density at radius 2 is 2.10 bits per heavy atom. The molecule has 0 aromatic heterocycles. The van der Waals surface area contributed by atoms with Crippen molar-refractivity contribution in [2.75, 3.05) is 7.11 Å². The van der Waals surface area contributed by atoms with Crippen molar-refractivity contribution in [1.29, 1.82) is 0 Å². The number of rotatable bonds is 3. The third kappa shape index (κ3) is 3.21. The van der Waals surface area contributed by atoms with Gasteiger partial charge in [0.25, 0.3) is 0 Å². The van der Waals surface area contributed by atoms with Crippen LogP contribution in [0.3, 0.4) is 0 Å². The van der Waals surface area contributed by atoms with Crippen LogP contribution in [0.15, 0.2) is 24.3 Å². The fourth-order valence-corrected chi connectivity index (χ4v) is 3.33. The minimum absolute atomic E-state index is 0.326. The summed E-state index contributed by atoms with van der Waals surface area (Å²) in [5.74, 6) is -0.179. The first-order valence-electron chi connectivity index (χ1n) is 7.29. The van der Waals surface area contributed by atoms with Gasteiger partial charge in [-0.3, -0.25) is 0 Å². The summed E-state index contributed by atoms with van der Waals surface area (Å²) in [5, 5.41) is 10.2. The van der Waals surface area contributed by atoms with Crippen LogP contribution in [-0.2, 0) is 9.53 Å². The number of hydrogen-bond donors (Lipinski definition) is 1. The van der Waals surface area contributed by atoms with Gasteiger partial charge in [-0.05, 0) is 41.7 Å². The fourth-order valence-electron chi connectivity index (χ4n) is 3.33. The van der Waals surface area contributed by atoms with Gasteiger partial charge in [-0.1, -0.05) is 44.5 Å². The molecule has 0 aliphatic heterocycles. The molecule has 1 aromatic rings. The molecule has 1 N–H and O–H groups in total. The molecule has 2 rings (SSSR count). The Morgan fingerprint density at radius 1 is 1.40 bits per heavy atom. The Hall–Kier alpha value is -1.35. The summed E-state index contributed by atoms with van der Waals surface area (Å²) in [7, 11) is 1.30. The van der Waals surface area contributed by atoms with Crippen molar-refractivity contribution in [3.63, 3.8) is 0 Å². The minimum atomic E-state index is -1.18. The molecule has 0 amide bonds. The highest BCUT2D eigenvalue weighted by atomic mass is 16.5. The van der Waals surface area contributed by atoms with Gasteiger partial charge in [-0.2, -0.15) is 0 Å². The van der Waals surface area contributed by atoms with Crippen molar-refractivity contribution in [2.24, 2.45) is 5.41 Å². The van der Waals surface area contributed by atoms with Crippen LogP contribution in [0.4, 0.5) is 0 Å². The molecular weight excluding hydrogens is 252 g/mol. The zero-order valence-electron chi connectivity index (χ0n) is 12.6. The van der Waals surface area contributed by atoms with Crippen LogP contribution < -0.4 is 0 Å². The Morgan fingerprint density at radius 3 is 2.75 bits per heavy atom. The number of aliphatic hydroxyl groups is 1. The van der Waals surface area contributed by atoms with E-state index in [4.69, 9.17) is 0 Å². The molecule has 0 spiro atoms. The predicted octanol–water partition coefficient (Wildman–Crippen LogP) is 3.58. The highest BCUT2D eigenvalue weighted by molar-refractivity contribution is 5.76. The van der Waals surface area contributed by atoms with Crippen LogP contribution in [0, 0.1) is 5.41 Å². The Labute approximate surface area is 121 Å². The first-order chi connectivity index (χ1) is 9.44. The normalized spacial score (nSPS) is 23.1. The molecular formula is C17H24O3. The Bertz CT molecular complexity index is 479. The monoisotopic (exact) mass is 276 g/mol. The van der Waals surface area contributed by atoms with Gasteiger partial charge in [0.1, 0.15) is 0 Å². The number of esters is 1. The van der Waals surface area contributed by atoms with Gasteiger partial charge < -0.3 is 9.84 Å². The molecule has 0 heterocycles. The SMILES string of the molecule is COC(=O)C(O)c1ccccc1C1CCCC(C)(C)C1. The number of benzene rings is 1. The summed E-state index contributed by atoms with van der Waals surface area (Å²) < 4.78 is 4.66. The van der Waals surface area contributed by atoms with E-state index in [0.29, 0.717) is 16.9 Å². The lowest BCUT2D eigenvalue weighted by molar-refractivity contribution is -0.150. The lowest BCUT2D eigenvalue weighted by Crippen LogP contribution is -2.23. The van der Waals surface area contributed by atoms with Crippen molar-refractivity contribution in [1.82, 2.24) is 0 Å². The van der Waals surface area contributed by atoms with Crippen LogP contribution in [0.2, 0.25) is 0 Å². The van der Waals surface area contributed by atoms with E-state index in [1.165, 1.54) is 20.0 Å². The van der Waals surface area contributed by atoms with Crippen LogP contribution in [0.1, 0.15) is 62.7 Å². The lowest BCUT2D eigenvalue weighted by atomic mass is 9.69. The van der Waals surface area contributed by atoms with Gasteiger partial charge >= 0.3 is 5.97 Å². The molecule has 1 aromatic carbocycles. The van der Waals surface area contributed by atoms with Crippen LogP contribution in [0.5, 0.6) is 0 Å². The number of carbonyl (C=O) groups excluding carboxylic acids is 1. The maximum atomic E-state index is 11.6. The van der Waals surface area contributed by atoms with Crippen molar-refractivity contribution >= 4 is 5.97 Å². The summed E-state index contributed by atoms with van der Waals surface area (Å²) in [6.07, 6.45) is 3.47. The first-order valence-corrected chi connectivity index (χ1v) is 7.29. The van der Waals surface area contributed by atoms with Gasteiger partial charge in [0.05, 0.1) is 7.11 Å². The van der Waals surface area contributed by atoms with Crippen molar-refractivity contribution in [3.05, 3.63) is 35.4 Å². The average molecular weight is 276 g/mol. The van der Waals surface area contributed by atoms with Crippen molar-refractivity contribution in [2.45, 2.75) is 51.6 Å². The summed E-state index contributed by atoms with van der Waals surface area (Å²) in [6.45, 7) is 4.58. The topological polar surface area (TPSA) is 46.5 Å². The number of aliphatic hydroxyl groups excluding tert-OH is 1. The second-order valence-electron chi connectivity index (χ2n) is 6.51. The summed E-state index contributed by atoms with van der Waals surface area (Å²) >= 11 is 0. The van der Waals surface area contributed by atoms with E-state index < -0.39 is 12.1 Å². The molecule has 2 atom stereocenters. The molecule has 3 nitrogen and oxygen atoms in total. The van der Waals surface area contributed by atoms with E-state index in [2.05, 4.69) is 18.6 Å². The van der Waals surface area contributed by atoms with E-state index in [1.807, 2.05) is 24.3 Å². The number of carbonyl (C=O) groups is 1. The molecule has 1 fully saturated rings. The minimum Gasteiger partial charge on any atom is -0.467 e. The van der Waals surface area contributed by atoms with Gasteiger partial charge in [0, 0.05) is 0 Å². The molecule has 2 unspecified atom stereocenters. The third-order valence-corrected chi connectivity index (χ3v) is 4.36. The van der Waals surface area contributed by atoms with Gasteiger partial charge in [-0.25, -0.2) is 4.79 Å². The first kappa shape index (κ1) is 15.0. The van der Waals surface area contributed by atoms with Crippen molar-refractivity contribution < 1.29 is 14.6 Å². The molecule has 0 bridgehead atoms. The molecule has 20 heavy (non-hydrogen) atoms. The summed E-state index contributed by atoms with van der Waals surface area (Å²) in [5.41, 5.74) is 2.12. The molecule has 1 aliphatic rings. The second-order valence-corrected chi connectivity index (χ2v) is 6.51. The standard InChI is InChI=1S/C17H24O3/c1-17(2)10-6-7-12(11-17)13-8-4-5-9-14(13)15(18)16(19)20-3/h4-5,8-9,12,15,18H,6-7,10-11H2,1-3H3. The molecule has 1 saturated carbocycles. The maximum absolute atomic E-state index is 11.6. The average Bonchev–Trinajstić information content (AvgIpc) is 2.44. The van der Waals surface area contributed by atoms with E-state index in [1.54, 1.807) is 0 Å². The third-order valence-electron chi connectivity index (χ3n) is 4.36.